The van der Waals surface area contributed by atoms with Crippen molar-refractivity contribution in [1.82, 2.24) is 10.6 Å². The summed E-state index contributed by atoms with van der Waals surface area (Å²) in [6.07, 6.45) is 1.45. The summed E-state index contributed by atoms with van der Waals surface area (Å²) in [5.74, 6) is -0.0324. The first-order valence-electron chi connectivity index (χ1n) is 6.04. The highest BCUT2D eigenvalue weighted by atomic mass is 16.2. The molecule has 96 valence electrons. The van der Waals surface area contributed by atoms with Gasteiger partial charge in [0.15, 0.2) is 0 Å². The number of anilines is 1. The van der Waals surface area contributed by atoms with E-state index in [4.69, 9.17) is 5.73 Å². The number of aryl methyl sites for hydroxylation is 1. The van der Waals surface area contributed by atoms with Crippen LogP contribution in [0.15, 0.2) is 24.3 Å². The fraction of sp³-hybridized carbons (Fsp3) is 0.385. The summed E-state index contributed by atoms with van der Waals surface area (Å²) < 4.78 is 0. The summed E-state index contributed by atoms with van der Waals surface area (Å²) >= 11 is 0. The zero-order valence-electron chi connectivity index (χ0n) is 10.1. The molecule has 18 heavy (non-hydrogen) atoms. The number of rotatable bonds is 4. The van der Waals surface area contributed by atoms with E-state index in [0.29, 0.717) is 31.5 Å². The van der Waals surface area contributed by atoms with Crippen LogP contribution in [0.3, 0.4) is 0 Å². The average Bonchev–Trinajstić information content (AvgIpc) is 2.72. The zero-order valence-corrected chi connectivity index (χ0v) is 10.1. The number of amides is 2. The minimum absolute atomic E-state index is 0.00358. The Bertz CT molecular complexity index is 459. The van der Waals surface area contributed by atoms with E-state index < -0.39 is 0 Å². The molecule has 4 N–H and O–H groups in total. The van der Waals surface area contributed by atoms with Gasteiger partial charge in [0.05, 0.1) is 6.04 Å². The third-order valence-electron chi connectivity index (χ3n) is 2.93. The van der Waals surface area contributed by atoms with E-state index in [0.717, 1.165) is 5.56 Å². The monoisotopic (exact) mass is 247 g/mol. The van der Waals surface area contributed by atoms with Crippen LogP contribution in [0.5, 0.6) is 0 Å². The highest BCUT2D eigenvalue weighted by Crippen LogP contribution is 2.09. The Hall–Kier alpha value is -2.04. The fourth-order valence-corrected chi connectivity index (χ4v) is 2.01. The lowest BCUT2D eigenvalue weighted by Gasteiger charge is -2.10. The van der Waals surface area contributed by atoms with Gasteiger partial charge in [-0.3, -0.25) is 9.59 Å². The summed E-state index contributed by atoms with van der Waals surface area (Å²) in [5, 5.41) is 5.53. The van der Waals surface area contributed by atoms with E-state index in [9.17, 15) is 9.59 Å². The highest BCUT2D eigenvalue weighted by Gasteiger charge is 2.22. The van der Waals surface area contributed by atoms with Crippen LogP contribution in [0.2, 0.25) is 0 Å². The molecule has 1 fully saturated rings. The van der Waals surface area contributed by atoms with Crippen molar-refractivity contribution in [3.8, 4) is 0 Å². The minimum atomic E-state index is -0.0640. The van der Waals surface area contributed by atoms with Gasteiger partial charge in [-0.15, -0.1) is 0 Å². The van der Waals surface area contributed by atoms with Crippen LogP contribution < -0.4 is 16.4 Å². The van der Waals surface area contributed by atoms with Crippen molar-refractivity contribution in [3.05, 3.63) is 29.8 Å². The fourth-order valence-electron chi connectivity index (χ4n) is 2.01. The first kappa shape index (κ1) is 12.4. The molecule has 1 aliphatic heterocycles. The van der Waals surface area contributed by atoms with Gasteiger partial charge >= 0.3 is 0 Å². The maximum Gasteiger partial charge on any atom is 0.222 e. The smallest absolute Gasteiger partial charge is 0.222 e. The number of carbonyl (C=O) groups is 2. The van der Waals surface area contributed by atoms with E-state index in [2.05, 4.69) is 10.6 Å². The molecule has 0 radical (unpaired) electrons. The van der Waals surface area contributed by atoms with Crippen molar-refractivity contribution >= 4 is 17.5 Å². The normalized spacial score (nSPS) is 18.4. The van der Waals surface area contributed by atoms with E-state index in [1.807, 2.05) is 24.3 Å². The second-order valence-electron chi connectivity index (χ2n) is 4.52. The van der Waals surface area contributed by atoms with Crippen LogP contribution >= 0.6 is 0 Å². The molecule has 1 saturated heterocycles. The Balaban J connectivity index is 1.76. The number of nitrogen functional groups attached to an aromatic ring is 1. The van der Waals surface area contributed by atoms with Gasteiger partial charge in [-0.25, -0.2) is 0 Å². The molecule has 0 spiro atoms. The molecule has 2 rings (SSSR count). The van der Waals surface area contributed by atoms with Gasteiger partial charge < -0.3 is 16.4 Å². The lowest BCUT2D eigenvalue weighted by Crippen LogP contribution is -2.36. The molecule has 0 aromatic heterocycles. The number of hydrogen-bond donors (Lipinski definition) is 3. The predicted octanol–water partition coefficient (Wildman–Crippen LogP) is 0.206. The van der Waals surface area contributed by atoms with Gasteiger partial charge in [0, 0.05) is 25.1 Å². The topological polar surface area (TPSA) is 84.2 Å². The summed E-state index contributed by atoms with van der Waals surface area (Å²) in [4.78, 5) is 22.7. The average molecular weight is 247 g/mol. The minimum Gasteiger partial charge on any atom is -0.399 e. The van der Waals surface area contributed by atoms with Crippen molar-refractivity contribution < 1.29 is 9.59 Å². The number of nitrogens with one attached hydrogen (secondary N) is 2. The largest absolute Gasteiger partial charge is 0.399 e. The second kappa shape index (κ2) is 5.53. The molecule has 1 unspecified atom stereocenters. The van der Waals surface area contributed by atoms with Crippen molar-refractivity contribution in [3.63, 3.8) is 0 Å². The Morgan fingerprint density at radius 2 is 2.33 bits per heavy atom. The summed E-state index contributed by atoms with van der Waals surface area (Å²) in [6.45, 7) is 0.531. The third kappa shape index (κ3) is 3.48. The van der Waals surface area contributed by atoms with Gasteiger partial charge in [-0.1, -0.05) is 12.1 Å². The van der Waals surface area contributed by atoms with Crippen molar-refractivity contribution in [2.75, 3.05) is 12.3 Å². The molecule has 5 nitrogen and oxygen atoms in total. The van der Waals surface area contributed by atoms with E-state index in [-0.39, 0.29) is 17.9 Å². The summed E-state index contributed by atoms with van der Waals surface area (Å²) in [7, 11) is 0. The van der Waals surface area contributed by atoms with Gasteiger partial charge in [-0.2, -0.15) is 0 Å². The molecule has 1 atom stereocenters. The van der Waals surface area contributed by atoms with E-state index >= 15 is 0 Å². The van der Waals surface area contributed by atoms with Crippen LogP contribution in [0.1, 0.15) is 18.4 Å². The van der Waals surface area contributed by atoms with Crippen molar-refractivity contribution in [1.29, 1.82) is 0 Å². The quantitative estimate of drug-likeness (QED) is 0.665. The molecule has 2 amide bonds. The maximum atomic E-state index is 11.7. The summed E-state index contributed by atoms with van der Waals surface area (Å²) in [5.41, 5.74) is 7.42. The summed E-state index contributed by atoms with van der Waals surface area (Å²) in [6, 6.07) is 7.45. The van der Waals surface area contributed by atoms with E-state index in [1.165, 1.54) is 0 Å². The molecule has 1 heterocycles. The van der Waals surface area contributed by atoms with Crippen molar-refractivity contribution in [2.24, 2.45) is 0 Å². The Morgan fingerprint density at radius 1 is 1.50 bits per heavy atom. The first-order valence-corrected chi connectivity index (χ1v) is 6.04. The molecule has 0 bridgehead atoms. The first-order chi connectivity index (χ1) is 8.63. The number of nitrogens with two attached hydrogens (primary N) is 1. The Morgan fingerprint density at radius 3 is 3.00 bits per heavy atom. The Labute approximate surface area is 106 Å². The zero-order chi connectivity index (χ0) is 13.0. The van der Waals surface area contributed by atoms with Gasteiger partial charge in [-0.05, 0) is 24.1 Å². The van der Waals surface area contributed by atoms with Crippen LogP contribution in [-0.2, 0) is 16.0 Å². The van der Waals surface area contributed by atoms with Crippen LogP contribution in [0.25, 0.3) is 0 Å². The number of carbonyl (C=O) groups excluding carboxylic acids is 2. The van der Waals surface area contributed by atoms with Crippen LogP contribution in [-0.4, -0.2) is 24.4 Å². The molecule has 1 aromatic carbocycles. The lowest BCUT2D eigenvalue weighted by atomic mass is 10.1. The SMILES string of the molecule is Nc1cccc(CCC(=O)NC2CNC(=O)C2)c1. The van der Waals surface area contributed by atoms with Gasteiger partial charge in [0.2, 0.25) is 11.8 Å². The predicted molar refractivity (Wildman–Crippen MR) is 68.7 cm³/mol. The van der Waals surface area contributed by atoms with Gasteiger partial charge in [0.25, 0.3) is 0 Å². The van der Waals surface area contributed by atoms with Crippen LogP contribution in [0.4, 0.5) is 5.69 Å². The highest BCUT2D eigenvalue weighted by molar-refractivity contribution is 5.82. The van der Waals surface area contributed by atoms with Crippen LogP contribution in [0, 0.1) is 0 Å². The third-order valence-corrected chi connectivity index (χ3v) is 2.93. The molecule has 0 saturated carbocycles. The molecule has 5 heteroatoms. The lowest BCUT2D eigenvalue weighted by molar-refractivity contribution is -0.121. The number of benzene rings is 1. The molecule has 1 aliphatic rings. The number of hydrogen-bond acceptors (Lipinski definition) is 3. The molecular formula is C13H17N3O2. The van der Waals surface area contributed by atoms with Gasteiger partial charge in [0.1, 0.15) is 0 Å². The van der Waals surface area contributed by atoms with E-state index in [1.54, 1.807) is 0 Å². The Kier molecular flexibility index (Phi) is 3.82. The molecule has 0 aliphatic carbocycles. The maximum absolute atomic E-state index is 11.7. The van der Waals surface area contributed by atoms with Crippen molar-refractivity contribution in [2.45, 2.75) is 25.3 Å². The standard InChI is InChI=1S/C13H17N3O2/c14-10-3-1-2-9(6-10)4-5-12(17)16-11-7-13(18)15-8-11/h1-3,6,11H,4-5,7-8,14H2,(H,15,18)(H,16,17). The second-order valence-corrected chi connectivity index (χ2v) is 4.52. The molecule has 1 aromatic rings. The molecular weight excluding hydrogens is 230 g/mol.